The van der Waals surface area contributed by atoms with Crippen LogP contribution in [0.2, 0.25) is 0 Å². The first kappa shape index (κ1) is 13.0. The summed E-state index contributed by atoms with van der Waals surface area (Å²) in [4.78, 5) is 21.8. The van der Waals surface area contributed by atoms with Crippen molar-refractivity contribution in [1.82, 2.24) is 0 Å². The maximum Gasteiger partial charge on any atom is 0.334 e. The van der Waals surface area contributed by atoms with Crippen molar-refractivity contribution < 1.29 is 19.4 Å². The summed E-state index contributed by atoms with van der Waals surface area (Å²) in [5.74, 6) is -0.505. The fraction of sp³-hybridized carbons (Fsp3) is 0.231. The summed E-state index contributed by atoms with van der Waals surface area (Å²) in [6.07, 6.45) is 0.454. The fourth-order valence-electron chi connectivity index (χ4n) is 1.17. The number of carbonyl (C=O) groups excluding carboxylic acids is 1. The zero-order chi connectivity index (χ0) is 12.8. The van der Waals surface area contributed by atoms with Gasteiger partial charge in [-0.05, 0) is 24.3 Å². The molecule has 0 radical (unpaired) electrons. The molecule has 0 aromatic heterocycles. The van der Waals surface area contributed by atoms with Gasteiger partial charge in [-0.1, -0.05) is 13.5 Å². The van der Waals surface area contributed by atoms with Crippen LogP contribution in [-0.4, -0.2) is 23.5 Å². The van der Waals surface area contributed by atoms with E-state index in [9.17, 15) is 9.59 Å². The van der Waals surface area contributed by atoms with Crippen LogP contribution in [0.1, 0.15) is 23.7 Å². The molecule has 0 bridgehead atoms. The number of Topliss-reactive ketones (excluding diaryl/α,β-unsaturated/α-hetero) is 1. The van der Waals surface area contributed by atoms with E-state index < -0.39 is 5.97 Å². The van der Waals surface area contributed by atoms with Crippen LogP contribution in [0.3, 0.4) is 0 Å². The minimum absolute atomic E-state index is 0.0151. The highest BCUT2D eigenvalue weighted by atomic mass is 16.5. The molecule has 0 amide bonds. The summed E-state index contributed by atoms with van der Waals surface area (Å²) in [6.45, 7) is 5.07. The summed E-state index contributed by atoms with van der Waals surface area (Å²) < 4.78 is 5.21. The van der Waals surface area contributed by atoms with Gasteiger partial charge in [-0.3, -0.25) is 4.79 Å². The Kier molecular flexibility index (Phi) is 4.46. The van der Waals surface area contributed by atoms with E-state index in [0.29, 0.717) is 17.7 Å². The molecule has 0 unspecified atom stereocenters. The Labute approximate surface area is 99.5 Å². The minimum Gasteiger partial charge on any atom is -0.489 e. The lowest BCUT2D eigenvalue weighted by atomic mass is 10.1. The molecular formula is C13H14O4. The molecule has 0 saturated carbocycles. The van der Waals surface area contributed by atoms with Crippen LogP contribution in [0.15, 0.2) is 36.4 Å². The van der Waals surface area contributed by atoms with E-state index in [-0.39, 0.29) is 18.0 Å². The molecule has 0 aliphatic rings. The maximum absolute atomic E-state index is 11.3. The second-order valence-electron chi connectivity index (χ2n) is 3.50. The smallest absolute Gasteiger partial charge is 0.334 e. The van der Waals surface area contributed by atoms with Crippen molar-refractivity contribution in [3.63, 3.8) is 0 Å². The Bertz CT molecular complexity index is 431. The Morgan fingerprint density at radius 2 is 1.88 bits per heavy atom. The van der Waals surface area contributed by atoms with Crippen molar-refractivity contribution >= 4 is 11.8 Å². The molecule has 0 atom stereocenters. The maximum atomic E-state index is 11.3. The van der Waals surface area contributed by atoms with Crippen LogP contribution in [0.5, 0.6) is 5.75 Å². The van der Waals surface area contributed by atoms with Gasteiger partial charge in [-0.15, -0.1) is 0 Å². The Hall–Kier alpha value is -2.10. The van der Waals surface area contributed by atoms with Gasteiger partial charge in [0.2, 0.25) is 0 Å². The number of carboxylic acids is 1. The standard InChI is InChI=1S/C13H14O4/c1-3-12(14)10-4-6-11(7-5-10)17-8-9(2)13(15)16/h4-7H,2-3,8H2,1H3,(H,15,16). The van der Waals surface area contributed by atoms with Crippen LogP contribution in [0.4, 0.5) is 0 Å². The molecule has 0 aliphatic carbocycles. The molecule has 0 aliphatic heterocycles. The number of carbonyl (C=O) groups is 2. The number of ketones is 1. The van der Waals surface area contributed by atoms with E-state index in [4.69, 9.17) is 9.84 Å². The van der Waals surface area contributed by atoms with E-state index in [1.807, 2.05) is 0 Å². The molecule has 90 valence electrons. The summed E-state index contributed by atoms with van der Waals surface area (Å²) in [5.41, 5.74) is 0.607. The van der Waals surface area contributed by atoms with Gasteiger partial charge in [0, 0.05) is 12.0 Å². The second-order valence-corrected chi connectivity index (χ2v) is 3.50. The SMILES string of the molecule is C=C(COc1ccc(C(=O)CC)cc1)C(=O)O. The number of aliphatic carboxylic acids is 1. The van der Waals surface area contributed by atoms with E-state index in [1.54, 1.807) is 31.2 Å². The van der Waals surface area contributed by atoms with E-state index in [1.165, 1.54) is 0 Å². The molecule has 0 heterocycles. The van der Waals surface area contributed by atoms with E-state index in [0.717, 1.165) is 0 Å². The quantitative estimate of drug-likeness (QED) is 0.606. The van der Waals surface area contributed by atoms with Crippen molar-refractivity contribution in [3.8, 4) is 5.75 Å². The van der Waals surface area contributed by atoms with Gasteiger partial charge in [0.25, 0.3) is 0 Å². The molecule has 0 fully saturated rings. The summed E-state index contributed by atoms with van der Waals surface area (Å²) in [6, 6.07) is 6.59. The monoisotopic (exact) mass is 234 g/mol. The molecule has 0 saturated heterocycles. The molecule has 1 N–H and O–H groups in total. The van der Waals surface area contributed by atoms with E-state index >= 15 is 0 Å². The number of hydrogen-bond donors (Lipinski definition) is 1. The first-order chi connectivity index (χ1) is 8.04. The number of carboxylic acid groups (broad SMARTS) is 1. The molecule has 4 heteroatoms. The summed E-state index contributed by atoms with van der Waals surface area (Å²) in [5, 5.41) is 8.58. The second kappa shape index (κ2) is 5.84. The number of ether oxygens (including phenoxy) is 1. The lowest BCUT2D eigenvalue weighted by molar-refractivity contribution is -0.133. The Morgan fingerprint density at radius 3 is 2.35 bits per heavy atom. The van der Waals surface area contributed by atoms with Crippen molar-refractivity contribution in [2.75, 3.05) is 6.61 Å². The van der Waals surface area contributed by atoms with Crippen molar-refractivity contribution in [1.29, 1.82) is 0 Å². The molecule has 1 aromatic carbocycles. The molecule has 4 nitrogen and oxygen atoms in total. The van der Waals surface area contributed by atoms with E-state index in [2.05, 4.69) is 6.58 Å². The van der Waals surface area contributed by atoms with Gasteiger partial charge in [0.15, 0.2) is 5.78 Å². The average Bonchev–Trinajstić information content (AvgIpc) is 2.35. The third-order valence-electron chi connectivity index (χ3n) is 2.21. The third kappa shape index (κ3) is 3.75. The van der Waals surface area contributed by atoms with Gasteiger partial charge in [0.1, 0.15) is 12.4 Å². The van der Waals surface area contributed by atoms with Crippen LogP contribution >= 0.6 is 0 Å². The Balaban J connectivity index is 2.60. The van der Waals surface area contributed by atoms with Gasteiger partial charge >= 0.3 is 5.97 Å². The molecular weight excluding hydrogens is 220 g/mol. The van der Waals surface area contributed by atoms with Crippen molar-refractivity contribution in [3.05, 3.63) is 42.0 Å². The lowest BCUT2D eigenvalue weighted by Gasteiger charge is -2.06. The average molecular weight is 234 g/mol. The van der Waals surface area contributed by atoms with Gasteiger partial charge in [0.05, 0.1) is 5.57 Å². The van der Waals surface area contributed by atoms with Crippen LogP contribution in [-0.2, 0) is 4.79 Å². The number of rotatable bonds is 6. The predicted molar refractivity (Wildman–Crippen MR) is 63.3 cm³/mol. The molecule has 1 aromatic rings. The zero-order valence-corrected chi connectivity index (χ0v) is 9.60. The first-order valence-corrected chi connectivity index (χ1v) is 5.21. The van der Waals surface area contributed by atoms with Crippen molar-refractivity contribution in [2.24, 2.45) is 0 Å². The molecule has 1 rings (SSSR count). The zero-order valence-electron chi connectivity index (χ0n) is 9.60. The highest BCUT2D eigenvalue weighted by Gasteiger charge is 2.06. The lowest BCUT2D eigenvalue weighted by Crippen LogP contribution is -2.08. The minimum atomic E-state index is -1.08. The normalized spacial score (nSPS) is 9.71. The summed E-state index contributed by atoms with van der Waals surface area (Å²) >= 11 is 0. The predicted octanol–water partition coefficient (Wildman–Crippen LogP) is 2.30. The van der Waals surface area contributed by atoms with Crippen LogP contribution in [0, 0.1) is 0 Å². The molecule has 17 heavy (non-hydrogen) atoms. The highest BCUT2D eigenvalue weighted by Crippen LogP contribution is 2.14. The summed E-state index contributed by atoms with van der Waals surface area (Å²) in [7, 11) is 0. The topological polar surface area (TPSA) is 63.6 Å². The third-order valence-corrected chi connectivity index (χ3v) is 2.21. The number of benzene rings is 1. The highest BCUT2D eigenvalue weighted by molar-refractivity contribution is 5.95. The molecule has 0 spiro atoms. The van der Waals surface area contributed by atoms with Crippen LogP contribution < -0.4 is 4.74 Å². The Morgan fingerprint density at radius 1 is 1.29 bits per heavy atom. The van der Waals surface area contributed by atoms with Gasteiger partial charge in [-0.25, -0.2) is 4.79 Å². The van der Waals surface area contributed by atoms with Gasteiger partial charge in [-0.2, -0.15) is 0 Å². The first-order valence-electron chi connectivity index (χ1n) is 5.21. The fourth-order valence-corrected chi connectivity index (χ4v) is 1.17. The number of hydrogen-bond acceptors (Lipinski definition) is 3. The van der Waals surface area contributed by atoms with Crippen LogP contribution in [0.25, 0.3) is 0 Å². The van der Waals surface area contributed by atoms with Gasteiger partial charge < -0.3 is 9.84 Å². The largest absolute Gasteiger partial charge is 0.489 e. The van der Waals surface area contributed by atoms with Crippen molar-refractivity contribution in [2.45, 2.75) is 13.3 Å².